The van der Waals surface area contributed by atoms with Gasteiger partial charge >= 0.3 is 5.97 Å². The molecule has 1 atom stereocenters. The Balaban J connectivity index is 1.38. The number of hydrogen-bond acceptors (Lipinski definition) is 9. The number of hydrogen-bond donors (Lipinski definition) is 5. The number of aromatic nitrogens is 1. The van der Waals surface area contributed by atoms with Crippen molar-refractivity contribution in [3.8, 4) is 33.8 Å². The molecule has 0 unspecified atom stereocenters. The van der Waals surface area contributed by atoms with Crippen molar-refractivity contribution in [3.05, 3.63) is 119 Å². The van der Waals surface area contributed by atoms with Crippen LogP contribution >= 0.6 is 0 Å². The Morgan fingerprint density at radius 2 is 1.58 bits per heavy atom. The van der Waals surface area contributed by atoms with Gasteiger partial charge in [0.25, 0.3) is 15.9 Å². The van der Waals surface area contributed by atoms with Gasteiger partial charge in [-0.1, -0.05) is 24.3 Å². The van der Waals surface area contributed by atoms with E-state index in [0.29, 0.717) is 75.9 Å². The van der Waals surface area contributed by atoms with Crippen LogP contribution in [0.1, 0.15) is 34.0 Å². The van der Waals surface area contributed by atoms with E-state index in [4.69, 9.17) is 19.6 Å². The third-order valence-corrected chi connectivity index (χ3v) is 10.2. The summed E-state index contributed by atoms with van der Waals surface area (Å²) in [5.41, 5.74) is 2.38. The SMILES string of the molecule is CCOCc1cc(OC)c(-c2ccc(C[C@@H](NC(=O)c3c(F)cc(NS(=O)(=O)c4ccc(-c5ccnc(F)c5)cc4)cc3F)C(=O)O)c(NC)c2C=[NH2+])c(OC)c1. The van der Waals surface area contributed by atoms with Crippen molar-refractivity contribution in [2.45, 2.75) is 30.9 Å². The van der Waals surface area contributed by atoms with E-state index in [0.717, 1.165) is 5.56 Å². The van der Waals surface area contributed by atoms with Gasteiger partial charge < -0.3 is 30.0 Å². The van der Waals surface area contributed by atoms with Gasteiger partial charge in [-0.15, -0.1) is 0 Å². The fourth-order valence-electron chi connectivity index (χ4n) is 6.18. The van der Waals surface area contributed by atoms with Gasteiger partial charge in [-0.2, -0.15) is 4.39 Å². The molecule has 0 bridgehead atoms. The van der Waals surface area contributed by atoms with E-state index in [-0.39, 0.29) is 11.3 Å². The molecule has 0 radical (unpaired) electrons. The Kier molecular flexibility index (Phi) is 13.2. The summed E-state index contributed by atoms with van der Waals surface area (Å²) < 4.78 is 89.3. The van der Waals surface area contributed by atoms with Crippen LogP contribution in [-0.4, -0.2) is 70.5 Å². The highest BCUT2D eigenvalue weighted by Gasteiger charge is 2.29. The van der Waals surface area contributed by atoms with E-state index >= 15 is 8.78 Å². The molecule has 0 spiro atoms. The Labute approximate surface area is 326 Å². The summed E-state index contributed by atoms with van der Waals surface area (Å²) in [4.78, 5) is 28.9. The number of anilines is 2. The average molecular weight is 807 g/mol. The molecule has 0 aliphatic rings. The molecule has 5 aromatic rings. The maximum atomic E-state index is 15.3. The predicted octanol–water partition coefficient (Wildman–Crippen LogP) is 4.83. The van der Waals surface area contributed by atoms with E-state index in [9.17, 15) is 27.5 Å². The molecule has 0 saturated heterocycles. The van der Waals surface area contributed by atoms with Gasteiger partial charge in [0.05, 0.1) is 48.2 Å². The average Bonchev–Trinajstić information content (AvgIpc) is 3.18. The first kappa shape index (κ1) is 41.7. The van der Waals surface area contributed by atoms with Gasteiger partial charge in [-0.05, 0) is 71.6 Å². The van der Waals surface area contributed by atoms with E-state index in [1.807, 2.05) is 6.92 Å². The summed E-state index contributed by atoms with van der Waals surface area (Å²) in [7, 11) is 0.196. The van der Waals surface area contributed by atoms with Gasteiger partial charge in [-0.3, -0.25) is 14.9 Å². The van der Waals surface area contributed by atoms with E-state index in [2.05, 4.69) is 20.3 Å². The highest BCUT2D eigenvalue weighted by molar-refractivity contribution is 7.92. The number of ether oxygens (including phenoxy) is 3. The monoisotopic (exact) mass is 806 g/mol. The standard InChI is InChI=1S/C40H38F3N5O8S/c1-5-56-21-22-14-33(54-3)36(34(15-22)55-4)28-11-8-25(38(45-2)29(28)20-44)16-32(40(50)51)47-39(49)37-30(41)18-26(19-31(37)42)48-57(52,53)27-9-6-23(7-10-27)24-12-13-46-35(43)17-24/h6-15,17-20,32,44-45,48H,5,16,21H2,1-4H3,(H,47,49)(H,50,51)/p+1/t32-/m1/s1. The maximum absolute atomic E-state index is 15.3. The van der Waals surface area contributed by atoms with Crippen molar-refractivity contribution in [3.63, 3.8) is 0 Å². The van der Waals surface area contributed by atoms with Crippen LogP contribution in [0.25, 0.3) is 22.3 Å². The second-order valence-corrected chi connectivity index (χ2v) is 14.1. The minimum absolute atomic E-state index is 0.272. The van der Waals surface area contributed by atoms with Crippen molar-refractivity contribution < 1.29 is 55.9 Å². The molecule has 1 amide bonds. The molecule has 6 N–H and O–H groups in total. The largest absolute Gasteiger partial charge is 0.496 e. The van der Waals surface area contributed by atoms with E-state index < -0.39 is 56.8 Å². The molecule has 0 aliphatic carbocycles. The molecule has 13 nitrogen and oxygen atoms in total. The summed E-state index contributed by atoms with van der Waals surface area (Å²) in [6.07, 6.45) is 2.21. The van der Waals surface area contributed by atoms with Gasteiger partial charge in [-0.25, -0.2) is 27.0 Å². The van der Waals surface area contributed by atoms with Crippen LogP contribution in [0.2, 0.25) is 0 Å². The highest BCUT2D eigenvalue weighted by Crippen LogP contribution is 2.43. The first-order chi connectivity index (χ1) is 27.2. The van der Waals surface area contributed by atoms with Crippen molar-refractivity contribution >= 4 is 39.5 Å². The molecule has 4 aromatic carbocycles. The van der Waals surface area contributed by atoms with Gasteiger partial charge in [0.2, 0.25) is 5.95 Å². The van der Waals surface area contributed by atoms with E-state index in [1.165, 1.54) is 63.0 Å². The minimum Gasteiger partial charge on any atom is -0.496 e. The van der Waals surface area contributed by atoms with Crippen LogP contribution in [0.3, 0.4) is 0 Å². The molecule has 17 heteroatoms. The number of amides is 1. The molecule has 5 rings (SSSR count). The summed E-state index contributed by atoms with van der Waals surface area (Å²) in [5, 5.41) is 21.4. The molecular formula is C40H39F3N5O8S+. The number of aliphatic carboxylic acids is 1. The zero-order valence-electron chi connectivity index (χ0n) is 31.2. The van der Waals surface area contributed by atoms with Crippen LogP contribution < -0.4 is 30.2 Å². The van der Waals surface area contributed by atoms with Gasteiger partial charge in [0.15, 0.2) is 6.21 Å². The first-order valence-electron chi connectivity index (χ1n) is 17.2. The second kappa shape index (κ2) is 18.0. The van der Waals surface area contributed by atoms with Crippen molar-refractivity contribution in [1.82, 2.24) is 10.3 Å². The number of benzene rings is 4. The molecule has 0 aliphatic heterocycles. The fraction of sp³-hybridized carbons (Fsp3) is 0.200. The molecule has 1 aromatic heterocycles. The van der Waals surface area contributed by atoms with Crippen LogP contribution in [0, 0.1) is 17.6 Å². The van der Waals surface area contributed by atoms with Crippen LogP contribution in [0.5, 0.6) is 11.5 Å². The summed E-state index contributed by atoms with van der Waals surface area (Å²) in [6, 6.07) is 14.3. The van der Waals surface area contributed by atoms with Crippen LogP contribution in [0.15, 0.2) is 83.9 Å². The lowest BCUT2D eigenvalue weighted by atomic mass is 9.91. The number of nitrogens with zero attached hydrogens (tertiary/aromatic N) is 1. The first-order valence-corrected chi connectivity index (χ1v) is 18.7. The third kappa shape index (κ3) is 9.33. The molecular weight excluding hydrogens is 768 g/mol. The van der Waals surface area contributed by atoms with Crippen LogP contribution in [-0.2, 0) is 32.6 Å². The van der Waals surface area contributed by atoms with Gasteiger partial charge in [0, 0.05) is 37.9 Å². The molecule has 57 heavy (non-hydrogen) atoms. The number of pyridine rings is 1. The number of sulfonamides is 1. The number of halogens is 3. The number of carbonyl (C=O) groups excluding carboxylic acids is 1. The predicted molar refractivity (Wildman–Crippen MR) is 206 cm³/mol. The minimum atomic E-state index is -4.38. The van der Waals surface area contributed by atoms with Crippen molar-refractivity contribution in [2.75, 3.05) is 37.9 Å². The summed E-state index contributed by atoms with van der Waals surface area (Å²) >= 11 is 0. The lowest BCUT2D eigenvalue weighted by Gasteiger charge is -2.21. The third-order valence-electron chi connectivity index (χ3n) is 8.83. The van der Waals surface area contributed by atoms with Crippen LogP contribution in [0.4, 0.5) is 24.5 Å². The Bertz CT molecular complexity index is 2380. The molecule has 298 valence electrons. The fourth-order valence-corrected chi connectivity index (χ4v) is 7.22. The number of nitrogens with two attached hydrogens (primary N) is 1. The molecule has 0 fully saturated rings. The number of nitrogens with one attached hydrogen (secondary N) is 3. The maximum Gasteiger partial charge on any atom is 0.326 e. The molecule has 1 heterocycles. The Hall–Kier alpha value is -6.46. The lowest BCUT2D eigenvalue weighted by molar-refractivity contribution is -0.139. The number of carboxylic acid groups (broad SMARTS) is 1. The topological polar surface area (TPSA) is 191 Å². The zero-order valence-corrected chi connectivity index (χ0v) is 32.0. The van der Waals surface area contributed by atoms with E-state index in [1.54, 1.807) is 31.3 Å². The number of rotatable bonds is 17. The smallest absolute Gasteiger partial charge is 0.326 e. The Morgan fingerprint density at radius 3 is 2.12 bits per heavy atom. The number of methoxy groups -OCH3 is 2. The quantitative estimate of drug-likeness (QED) is 0.0643. The van der Waals surface area contributed by atoms with Crippen molar-refractivity contribution in [1.29, 1.82) is 0 Å². The normalized spacial score (nSPS) is 11.7. The summed E-state index contributed by atoms with van der Waals surface area (Å²) in [6.45, 7) is 2.69. The number of carboxylic acids is 1. The highest BCUT2D eigenvalue weighted by atomic mass is 32.2. The lowest BCUT2D eigenvalue weighted by Crippen LogP contribution is -2.43. The summed E-state index contributed by atoms with van der Waals surface area (Å²) in [5.74, 6) is -5.64. The van der Waals surface area contributed by atoms with Crippen molar-refractivity contribution in [2.24, 2.45) is 0 Å². The zero-order chi connectivity index (χ0) is 41.4. The van der Waals surface area contributed by atoms with Gasteiger partial charge in [0.1, 0.15) is 34.7 Å². The molecule has 0 saturated carbocycles. The number of carbonyl (C=O) groups is 2. The second-order valence-electron chi connectivity index (χ2n) is 12.4. The Morgan fingerprint density at radius 1 is 0.930 bits per heavy atom.